The van der Waals surface area contributed by atoms with Crippen LogP contribution < -0.4 is 5.73 Å². The molecule has 1 unspecified atom stereocenters. The largest absolute Gasteiger partial charge is 0.399 e. The molecule has 2 aromatic rings. The summed E-state index contributed by atoms with van der Waals surface area (Å²) in [7, 11) is 2.20. The van der Waals surface area contributed by atoms with E-state index < -0.39 is 0 Å². The molecule has 0 aliphatic carbocycles. The number of anilines is 1. The first-order chi connectivity index (χ1) is 10.1. The molecule has 0 fully saturated rings. The Morgan fingerprint density at radius 1 is 1.27 bits per heavy atom. The van der Waals surface area contributed by atoms with Crippen molar-refractivity contribution in [3.8, 4) is 0 Å². The van der Waals surface area contributed by atoms with E-state index in [1.165, 1.54) is 28.2 Å². The number of halogens is 2. The number of nitrogen functional groups attached to an aromatic ring is 1. The highest BCUT2D eigenvalue weighted by atomic mass is 79.9. The maximum absolute atomic E-state index is 5.88. The van der Waals surface area contributed by atoms with Crippen LogP contribution in [0.5, 0.6) is 0 Å². The van der Waals surface area contributed by atoms with Crippen LogP contribution in [0, 0.1) is 0 Å². The quantitative estimate of drug-likeness (QED) is 0.726. The van der Waals surface area contributed by atoms with Gasteiger partial charge in [-0.25, -0.2) is 0 Å². The summed E-state index contributed by atoms with van der Waals surface area (Å²) in [6.07, 6.45) is 1.19. The Balaban J connectivity index is 0.00000176. The van der Waals surface area contributed by atoms with Crippen LogP contribution in [0.4, 0.5) is 5.69 Å². The van der Waals surface area contributed by atoms with E-state index in [0.717, 1.165) is 16.7 Å². The van der Waals surface area contributed by atoms with Gasteiger partial charge in [0.2, 0.25) is 0 Å². The molecule has 0 aromatic heterocycles. The number of hydrogen-bond donors (Lipinski definition) is 1. The van der Waals surface area contributed by atoms with Crippen molar-refractivity contribution in [1.29, 1.82) is 0 Å². The van der Waals surface area contributed by atoms with Crippen molar-refractivity contribution in [3.05, 3.63) is 58.1 Å². The summed E-state index contributed by atoms with van der Waals surface area (Å²) in [6.45, 7) is 0.923. The molecule has 1 atom stereocenters. The number of thioether (sulfide) groups is 1. The van der Waals surface area contributed by atoms with Crippen molar-refractivity contribution in [2.24, 2.45) is 0 Å². The summed E-state index contributed by atoms with van der Waals surface area (Å²) in [6, 6.07) is 15.3. The smallest absolute Gasteiger partial charge is 0.0368 e. The van der Waals surface area contributed by atoms with Gasteiger partial charge in [-0.1, -0.05) is 28.1 Å². The zero-order valence-electron chi connectivity index (χ0n) is 12.5. The van der Waals surface area contributed by atoms with Gasteiger partial charge in [0.1, 0.15) is 0 Å². The lowest BCUT2D eigenvalue weighted by molar-refractivity contribution is 0.227. The van der Waals surface area contributed by atoms with Crippen LogP contribution in [0.25, 0.3) is 0 Å². The standard InChI is InChI=1S/C17H19BrN2S.ClH/c1-20(11-12-3-2-4-14(19)9-12)16-7-8-21-17-6-5-13(18)10-15(16)17;/h2-6,9-10,16H,7-8,11,19H2,1H3;1H. The van der Waals surface area contributed by atoms with E-state index in [1.54, 1.807) is 0 Å². The summed E-state index contributed by atoms with van der Waals surface area (Å²) in [4.78, 5) is 3.84. The summed E-state index contributed by atoms with van der Waals surface area (Å²) in [5.74, 6) is 1.18. The van der Waals surface area contributed by atoms with Gasteiger partial charge < -0.3 is 5.73 Å². The highest BCUT2D eigenvalue weighted by Gasteiger charge is 2.24. The normalized spacial score (nSPS) is 17.0. The minimum absolute atomic E-state index is 0. The summed E-state index contributed by atoms with van der Waals surface area (Å²) >= 11 is 5.56. The third kappa shape index (κ3) is 3.99. The molecule has 5 heteroatoms. The highest BCUT2D eigenvalue weighted by molar-refractivity contribution is 9.10. The Kier molecular flexibility index (Phi) is 6.21. The number of fused-ring (bicyclic) bond motifs is 1. The molecule has 0 amide bonds. The highest BCUT2D eigenvalue weighted by Crippen LogP contribution is 2.40. The fourth-order valence-electron chi connectivity index (χ4n) is 2.89. The second-order valence-corrected chi connectivity index (χ2v) is 7.55. The second kappa shape index (κ2) is 7.73. The molecular formula is C17H20BrClN2S. The molecule has 2 aromatic carbocycles. The van der Waals surface area contributed by atoms with Crippen molar-refractivity contribution >= 4 is 45.8 Å². The Morgan fingerprint density at radius 2 is 2.09 bits per heavy atom. The lowest BCUT2D eigenvalue weighted by Crippen LogP contribution is -2.27. The Bertz CT molecular complexity index is 650. The van der Waals surface area contributed by atoms with Gasteiger partial charge in [0.05, 0.1) is 0 Å². The van der Waals surface area contributed by atoms with E-state index in [2.05, 4.69) is 58.2 Å². The molecule has 0 saturated carbocycles. The van der Waals surface area contributed by atoms with Crippen LogP contribution in [-0.4, -0.2) is 17.7 Å². The fourth-order valence-corrected chi connectivity index (χ4v) is 4.36. The number of rotatable bonds is 3. The average molecular weight is 400 g/mol. The van der Waals surface area contributed by atoms with E-state index in [4.69, 9.17) is 5.73 Å². The first-order valence-electron chi connectivity index (χ1n) is 7.10. The SMILES string of the molecule is CN(Cc1cccc(N)c1)C1CCSc2ccc(Br)cc21.Cl. The average Bonchev–Trinajstić information content (AvgIpc) is 2.46. The number of nitrogens with zero attached hydrogens (tertiary/aromatic N) is 1. The minimum Gasteiger partial charge on any atom is -0.399 e. The van der Waals surface area contributed by atoms with E-state index >= 15 is 0 Å². The van der Waals surface area contributed by atoms with Gasteiger partial charge in [-0.2, -0.15) is 0 Å². The van der Waals surface area contributed by atoms with Gasteiger partial charge in [-0.05, 0) is 60.7 Å². The topological polar surface area (TPSA) is 29.3 Å². The molecule has 3 rings (SSSR count). The van der Waals surface area contributed by atoms with Gasteiger partial charge in [-0.3, -0.25) is 4.90 Å². The lowest BCUT2D eigenvalue weighted by atomic mass is 10.0. The van der Waals surface area contributed by atoms with Crippen molar-refractivity contribution in [2.45, 2.75) is 23.9 Å². The fraction of sp³-hybridized carbons (Fsp3) is 0.294. The van der Waals surface area contributed by atoms with E-state index in [1.807, 2.05) is 23.9 Å². The Morgan fingerprint density at radius 3 is 2.86 bits per heavy atom. The molecule has 118 valence electrons. The van der Waals surface area contributed by atoms with Gasteiger partial charge in [0.25, 0.3) is 0 Å². The van der Waals surface area contributed by atoms with E-state index in [9.17, 15) is 0 Å². The molecule has 0 radical (unpaired) electrons. The van der Waals surface area contributed by atoms with Gasteiger partial charge in [0.15, 0.2) is 0 Å². The van der Waals surface area contributed by atoms with Gasteiger partial charge >= 0.3 is 0 Å². The molecule has 2 nitrogen and oxygen atoms in total. The van der Waals surface area contributed by atoms with Crippen LogP contribution in [0.2, 0.25) is 0 Å². The van der Waals surface area contributed by atoms with Crippen molar-refractivity contribution < 1.29 is 0 Å². The summed E-state index contributed by atoms with van der Waals surface area (Å²) in [5, 5.41) is 0. The van der Waals surface area contributed by atoms with Gasteiger partial charge in [-0.15, -0.1) is 24.2 Å². The van der Waals surface area contributed by atoms with Crippen LogP contribution >= 0.6 is 40.1 Å². The van der Waals surface area contributed by atoms with Gasteiger partial charge in [0, 0.05) is 27.6 Å². The zero-order valence-corrected chi connectivity index (χ0v) is 15.7. The number of nitrogens with two attached hydrogens (primary N) is 1. The molecule has 0 saturated heterocycles. The summed E-state index contributed by atoms with van der Waals surface area (Å²) < 4.78 is 1.16. The van der Waals surface area contributed by atoms with Crippen LogP contribution in [0.1, 0.15) is 23.6 Å². The third-order valence-corrected chi connectivity index (χ3v) is 5.51. The van der Waals surface area contributed by atoms with Crippen molar-refractivity contribution in [2.75, 3.05) is 18.5 Å². The number of hydrogen-bond acceptors (Lipinski definition) is 3. The Labute approximate surface area is 151 Å². The molecular weight excluding hydrogens is 380 g/mol. The molecule has 0 bridgehead atoms. The predicted octanol–water partition coefficient (Wildman–Crippen LogP) is 5.12. The van der Waals surface area contributed by atoms with Crippen LogP contribution in [0.3, 0.4) is 0 Å². The molecule has 2 N–H and O–H groups in total. The Hall–Kier alpha value is -0.680. The first kappa shape index (κ1) is 17.7. The molecule has 1 heterocycles. The molecule has 1 aliphatic heterocycles. The third-order valence-electron chi connectivity index (χ3n) is 3.89. The van der Waals surface area contributed by atoms with Crippen LogP contribution in [0.15, 0.2) is 51.8 Å². The minimum atomic E-state index is 0. The second-order valence-electron chi connectivity index (χ2n) is 5.50. The monoisotopic (exact) mass is 398 g/mol. The van der Waals surface area contributed by atoms with E-state index in [-0.39, 0.29) is 12.4 Å². The maximum Gasteiger partial charge on any atom is 0.0368 e. The number of benzene rings is 2. The maximum atomic E-state index is 5.88. The molecule has 1 aliphatic rings. The van der Waals surface area contributed by atoms with Crippen molar-refractivity contribution in [3.63, 3.8) is 0 Å². The van der Waals surface area contributed by atoms with Crippen LogP contribution in [-0.2, 0) is 6.54 Å². The predicted molar refractivity (Wildman–Crippen MR) is 102 cm³/mol. The van der Waals surface area contributed by atoms with Crippen molar-refractivity contribution in [1.82, 2.24) is 4.90 Å². The zero-order chi connectivity index (χ0) is 14.8. The molecule has 22 heavy (non-hydrogen) atoms. The summed E-state index contributed by atoms with van der Waals surface area (Å²) in [5.41, 5.74) is 9.43. The molecule has 0 spiro atoms. The first-order valence-corrected chi connectivity index (χ1v) is 8.88. The van der Waals surface area contributed by atoms with E-state index in [0.29, 0.717) is 6.04 Å². The lowest BCUT2D eigenvalue weighted by Gasteiger charge is -2.33.